The lowest BCUT2D eigenvalue weighted by atomic mass is 10.2. The van der Waals surface area contributed by atoms with E-state index in [2.05, 4.69) is 30.1 Å². The summed E-state index contributed by atoms with van der Waals surface area (Å²) in [6.07, 6.45) is -4.12. The van der Waals surface area contributed by atoms with Crippen molar-refractivity contribution in [2.75, 3.05) is 11.9 Å². The van der Waals surface area contributed by atoms with Crippen LogP contribution in [0.3, 0.4) is 0 Å². The number of aromatic nitrogens is 3. The van der Waals surface area contributed by atoms with Gasteiger partial charge in [0.1, 0.15) is 17.4 Å². The molecule has 2 rings (SSSR count). The van der Waals surface area contributed by atoms with Crippen molar-refractivity contribution in [3.63, 3.8) is 0 Å². The predicted molar refractivity (Wildman–Crippen MR) is 123 cm³/mol. The average Bonchev–Trinajstić information content (AvgIpc) is 2.67. The predicted octanol–water partition coefficient (Wildman–Crippen LogP) is 3.59. The standard InChI is InChI=1S/C20H26ClF3N4O5Si/c1-12(10-27-15(29)6-5-13(17(27)21)19(31)32)26-14-9-25-28(11-33-7-8-34(2,3)4)18(30)16(14)20(22,23)24/h5-6,9,12,26H,7-8,10-11H2,1-4H3,(H,31,32). The fourth-order valence-corrected chi connectivity index (χ4v) is 4.02. The second-order valence-corrected chi connectivity index (χ2v) is 14.9. The molecule has 0 spiro atoms. The normalized spacial score (nSPS) is 13.1. The fourth-order valence-electron chi connectivity index (χ4n) is 2.96. The zero-order chi connectivity index (χ0) is 25.8. The maximum atomic E-state index is 13.7. The number of pyridine rings is 1. The number of alkyl halides is 3. The maximum Gasteiger partial charge on any atom is 0.423 e. The summed E-state index contributed by atoms with van der Waals surface area (Å²) in [4.78, 5) is 35.9. The number of aromatic carboxylic acids is 1. The minimum atomic E-state index is -4.99. The number of carboxylic acids is 1. The number of carboxylic acid groups (broad SMARTS) is 1. The highest BCUT2D eigenvalue weighted by molar-refractivity contribution is 6.76. The van der Waals surface area contributed by atoms with Crippen LogP contribution in [0.2, 0.25) is 30.8 Å². The van der Waals surface area contributed by atoms with Crippen LogP contribution in [0.15, 0.2) is 27.9 Å². The summed E-state index contributed by atoms with van der Waals surface area (Å²) < 4.78 is 48.0. The minimum absolute atomic E-state index is 0.265. The number of ether oxygens (including phenoxy) is 1. The number of anilines is 1. The van der Waals surface area contributed by atoms with E-state index in [9.17, 15) is 27.6 Å². The zero-order valence-electron chi connectivity index (χ0n) is 19.1. The molecule has 0 saturated heterocycles. The van der Waals surface area contributed by atoms with E-state index >= 15 is 0 Å². The molecule has 14 heteroatoms. The van der Waals surface area contributed by atoms with Crippen molar-refractivity contribution < 1.29 is 27.8 Å². The molecule has 0 fully saturated rings. The highest BCUT2D eigenvalue weighted by atomic mass is 35.5. The Labute approximate surface area is 199 Å². The van der Waals surface area contributed by atoms with Crippen molar-refractivity contribution in [1.29, 1.82) is 0 Å². The third-order valence-corrected chi connectivity index (χ3v) is 6.86. The van der Waals surface area contributed by atoms with Crippen LogP contribution in [-0.2, 0) is 24.2 Å². The molecule has 2 aromatic heterocycles. The van der Waals surface area contributed by atoms with Gasteiger partial charge in [0.05, 0.1) is 17.4 Å². The molecule has 0 bridgehead atoms. The van der Waals surface area contributed by atoms with Gasteiger partial charge in [-0.25, -0.2) is 9.48 Å². The molecule has 2 heterocycles. The summed E-state index contributed by atoms with van der Waals surface area (Å²) in [7, 11) is -1.42. The van der Waals surface area contributed by atoms with E-state index in [0.717, 1.165) is 28.9 Å². The van der Waals surface area contributed by atoms with Crippen LogP contribution < -0.4 is 16.4 Å². The van der Waals surface area contributed by atoms with Crippen molar-refractivity contribution in [3.05, 3.63) is 55.3 Å². The molecule has 188 valence electrons. The fraction of sp³-hybridized carbons (Fsp3) is 0.500. The van der Waals surface area contributed by atoms with Crippen molar-refractivity contribution in [2.45, 2.75) is 58.1 Å². The average molecular weight is 523 g/mol. The molecule has 0 amide bonds. The second kappa shape index (κ2) is 10.7. The van der Waals surface area contributed by atoms with E-state index in [0.29, 0.717) is 11.3 Å². The summed E-state index contributed by atoms with van der Waals surface area (Å²) >= 11 is 5.99. The van der Waals surface area contributed by atoms with E-state index in [1.54, 1.807) is 0 Å². The van der Waals surface area contributed by atoms with Gasteiger partial charge in [0.25, 0.3) is 11.1 Å². The van der Waals surface area contributed by atoms with E-state index in [4.69, 9.17) is 21.4 Å². The maximum absolute atomic E-state index is 13.7. The van der Waals surface area contributed by atoms with Crippen LogP contribution in [0.4, 0.5) is 18.9 Å². The number of hydrogen-bond donors (Lipinski definition) is 2. The molecule has 0 aliphatic carbocycles. The van der Waals surface area contributed by atoms with Crippen LogP contribution in [-0.4, -0.2) is 46.1 Å². The first-order chi connectivity index (χ1) is 15.6. The molecule has 1 unspecified atom stereocenters. The zero-order valence-corrected chi connectivity index (χ0v) is 20.8. The van der Waals surface area contributed by atoms with E-state index < -0.39 is 55.4 Å². The number of rotatable bonds is 10. The van der Waals surface area contributed by atoms with Gasteiger partial charge in [-0.15, -0.1) is 0 Å². The SMILES string of the molecule is CC(Cn1c(Cl)c(C(=O)O)ccc1=O)Nc1cnn(COCC[Si](C)(C)C)c(=O)c1C(F)(F)F. The lowest BCUT2D eigenvalue weighted by molar-refractivity contribution is -0.138. The second-order valence-electron chi connectivity index (χ2n) is 8.92. The number of hydrogen-bond acceptors (Lipinski definition) is 6. The molecular formula is C20H26ClF3N4O5Si. The topological polar surface area (TPSA) is 115 Å². The lowest BCUT2D eigenvalue weighted by Crippen LogP contribution is -2.35. The molecular weight excluding hydrogens is 497 g/mol. The van der Waals surface area contributed by atoms with Crippen LogP contribution in [0.25, 0.3) is 0 Å². The Kier molecular flexibility index (Phi) is 8.72. The highest BCUT2D eigenvalue weighted by Gasteiger charge is 2.38. The Morgan fingerprint density at radius 2 is 1.94 bits per heavy atom. The molecule has 1 atom stereocenters. The Morgan fingerprint density at radius 1 is 1.29 bits per heavy atom. The van der Waals surface area contributed by atoms with E-state index in [1.165, 1.54) is 6.92 Å². The lowest BCUT2D eigenvalue weighted by Gasteiger charge is -2.21. The summed E-state index contributed by atoms with van der Waals surface area (Å²) in [6.45, 7) is 7.40. The minimum Gasteiger partial charge on any atom is -0.478 e. The molecule has 0 saturated carbocycles. The monoisotopic (exact) mass is 522 g/mol. The molecule has 9 nitrogen and oxygen atoms in total. The highest BCUT2D eigenvalue weighted by Crippen LogP contribution is 2.32. The molecule has 0 aromatic carbocycles. The first kappa shape index (κ1) is 27.6. The summed E-state index contributed by atoms with van der Waals surface area (Å²) in [5.74, 6) is -1.36. The van der Waals surface area contributed by atoms with Gasteiger partial charge in [-0.2, -0.15) is 18.3 Å². The van der Waals surface area contributed by atoms with Gasteiger partial charge in [0.15, 0.2) is 0 Å². The number of halogens is 4. The molecule has 0 aliphatic heterocycles. The first-order valence-electron chi connectivity index (χ1n) is 10.3. The summed E-state index contributed by atoms with van der Waals surface area (Å²) in [6, 6.07) is 1.95. The van der Waals surface area contributed by atoms with Crippen LogP contribution in [0, 0.1) is 0 Å². The van der Waals surface area contributed by atoms with Gasteiger partial charge in [-0.1, -0.05) is 31.2 Å². The third-order valence-electron chi connectivity index (χ3n) is 4.74. The molecule has 2 aromatic rings. The third kappa shape index (κ3) is 7.18. The van der Waals surface area contributed by atoms with E-state index in [1.807, 2.05) is 0 Å². The van der Waals surface area contributed by atoms with Crippen LogP contribution >= 0.6 is 11.6 Å². The van der Waals surface area contributed by atoms with Gasteiger partial charge in [0.2, 0.25) is 0 Å². The Hall–Kier alpha value is -2.64. The van der Waals surface area contributed by atoms with Crippen LogP contribution in [0.5, 0.6) is 0 Å². The molecule has 0 aliphatic rings. The Morgan fingerprint density at radius 3 is 2.50 bits per heavy atom. The van der Waals surface area contributed by atoms with Crippen LogP contribution in [0.1, 0.15) is 22.8 Å². The molecule has 2 N–H and O–H groups in total. The number of nitrogens with zero attached hydrogens (tertiary/aromatic N) is 3. The van der Waals surface area contributed by atoms with Gasteiger partial charge >= 0.3 is 12.1 Å². The summed E-state index contributed by atoms with van der Waals surface area (Å²) in [5, 5.41) is 15.1. The Balaban J connectivity index is 2.28. The van der Waals surface area contributed by atoms with Gasteiger partial charge in [0, 0.05) is 33.3 Å². The van der Waals surface area contributed by atoms with Gasteiger partial charge in [-0.3, -0.25) is 14.2 Å². The molecule has 0 radical (unpaired) electrons. The Bertz CT molecular complexity index is 1160. The summed E-state index contributed by atoms with van der Waals surface area (Å²) in [5.41, 5.74) is -4.38. The van der Waals surface area contributed by atoms with Gasteiger partial charge < -0.3 is 15.2 Å². The quantitative estimate of drug-likeness (QED) is 0.278. The van der Waals surface area contributed by atoms with Gasteiger partial charge in [-0.05, 0) is 19.0 Å². The number of nitrogens with one attached hydrogen (secondary N) is 1. The van der Waals surface area contributed by atoms with Crippen molar-refractivity contribution in [2.24, 2.45) is 0 Å². The molecule has 34 heavy (non-hydrogen) atoms. The smallest absolute Gasteiger partial charge is 0.423 e. The largest absolute Gasteiger partial charge is 0.478 e. The first-order valence-corrected chi connectivity index (χ1v) is 14.3. The van der Waals surface area contributed by atoms with Crippen molar-refractivity contribution >= 4 is 31.3 Å². The van der Waals surface area contributed by atoms with Crippen molar-refractivity contribution in [3.8, 4) is 0 Å². The van der Waals surface area contributed by atoms with Crippen molar-refractivity contribution in [1.82, 2.24) is 14.3 Å². The van der Waals surface area contributed by atoms with E-state index in [-0.39, 0.29) is 17.3 Å². The number of carbonyl (C=O) groups is 1.